The van der Waals surface area contributed by atoms with Gasteiger partial charge in [-0.15, -0.1) is 0 Å². The summed E-state index contributed by atoms with van der Waals surface area (Å²) in [5, 5.41) is 4.54. The maximum absolute atomic E-state index is 6.36. The van der Waals surface area contributed by atoms with Crippen molar-refractivity contribution in [2.45, 2.75) is 0 Å². The molecule has 0 aliphatic rings. The number of benzene rings is 7. The molecule has 7 aromatic carbocycles. The Bertz CT molecular complexity index is 2150. The fourth-order valence-electron chi connectivity index (χ4n) is 6.08. The molecule has 204 valence electrons. The van der Waals surface area contributed by atoms with E-state index >= 15 is 0 Å². The second-order valence-corrected chi connectivity index (χ2v) is 10.6. The van der Waals surface area contributed by atoms with E-state index in [0.717, 1.165) is 56.1 Å². The van der Waals surface area contributed by atoms with Crippen LogP contribution in [-0.4, -0.2) is 0 Å². The lowest BCUT2D eigenvalue weighted by Gasteiger charge is -2.34. The van der Waals surface area contributed by atoms with Crippen molar-refractivity contribution in [3.63, 3.8) is 0 Å². The SMILES string of the molecule is c1ccc(N(c2ccccc2)c2cc3ccccc3cc2N(c2ccccc2)c2cccc3oc4ccccc4c23)cc1. The molecule has 0 atom stereocenters. The van der Waals surface area contributed by atoms with Crippen LogP contribution in [0.5, 0.6) is 0 Å². The van der Waals surface area contributed by atoms with Gasteiger partial charge in [-0.1, -0.05) is 103 Å². The number of fused-ring (bicyclic) bond motifs is 4. The van der Waals surface area contributed by atoms with E-state index in [0.29, 0.717) is 0 Å². The van der Waals surface area contributed by atoms with Crippen LogP contribution < -0.4 is 9.80 Å². The molecule has 3 nitrogen and oxygen atoms in total. The summed E-state index contributed by atoms with van der Waals surface area (Å²) in [5.74, 6) is 0. The topological polar surface area (TPSA) is 19.6 Å². The van der Waals surface area contributed by atoms with Gasteiger partial charge in [-0.25, -0.2) is 0 Å². The van der Waals surface area contributed by atoms with E-state index in [1.54, 1.807) is 0 Å². The summed E-state index contributed by atoms with van der Waals surface area (Å²) in [4.78, 5) is 4.73. The van der Waals surface area contributed by atoms with Crippen molar-refractivity contribution in [1.29, 1.82) is 0 Å². The zero-order valence-electron chi connectivity index (χ0n) is 23.5. The molecular weight excluding hydrogens is 524 g/mol. The van der Waals surface area contributed by atoms with Crippen molar-refractivity contribution < 1.29 is 4.42 Å². The number of hydrogen-bond acceptors (Lipinski definition) is 3. The minimum Gasteiger partial charge on any atom is -0.456 e. The lowest BCUT2D eigenvalue weighted by atomic mass is 10.0. The van der Waals surface area contributed by atoms with E-state index in [4.69, 9.17) is 4.42 Å². The van der Waals surface area contributed by atoms with Gasteiger partial charge in [0, 0.05) is 22.4 Å². The van der Waals surface area contributed by atoms with Gasteiger partial charge in [0.1, 0.15) is 11.2 Å². The fourth-order valence-corrected chi connectivity index (χ4v) is 6.08. The van der Waals surface area contributed by atoms with Gasteiger partial charge >= 0.3 is 0 Å². The molecular formula is C40H28N2O. The Kier molecular flexibility index (Phi) is 6.12. The predicted octanol–water partition coefficient (Wildman–Crippen LogP) is 11.7. The number of anilines is 6. The first-order chi connectivity index (χ1) is 21.3. The summed E-state index contributed by atoms with van der Waals surface area (Å²) in [5.41, 5.74) is 8.19. The number of nitrogens with zero attached hydrogens (tertiary/aromatic N) is 2. The Morgan fingerprint density at radius 1 is 0.349 bits per heavy atom. The van der Waals surface area contributed by atoms with E-state index in [1.165, 1.54) is 10.8 Å². The predicted molar refractivity (Wildman–Crippen MR) is 181 cm³/mol. The normalized spacial score (nSPS) is 11.3. The molecule has 0 N–H and O–H groups in total. The summed E-state index contributed by atoms with van der Waals surface area (Å²) in [6.07, 6.45) is 0. The van der Waals surface area contributed by atoms with Gasteiger partial charge in [-0.05, 0) is 77.5 Å². The molecule has 3 heteroatoms. The highest BCUT2D eigenvalue weighted by Gasteiger charge is 2.25. The Morgan fingerprint density at radius 2 is 0.814 bits per heavy atom. The van der Waals surface area contributed by atoms with Crippen molar-refractivity contribution >= 4 is 66.8 Å². The van der Waals surface area contributed by atoms with Crippen LogP contribution in [0.2, 0.25) is 0 Å². The van der Waals surface area contributed by atoms with Crippen LogP contribution in [0, 0.1) is 0 Å². The van der Waals surface area contributed by atoms with Crippen LogP contribution in [0.25, 0.3) is 32.7 Å². The third kappa shape index (κ3) is 4.39. The van der Waals surface area contributed by atoms with Crippen LogP contribution in [0.15, 0.2) is 174 Å². The molecule has 0 fully saturated rings. The first-order valence-electron chi connectivity index (χ1n) is 14.5. The summed E-state index contributed by atoms with van der Waals surface area (Å²) >= 11 is 0. The van der Waals surface area contributed by atoms with Gasteiger partial charge in [0.25, 0.3) is 0 Å². The van der Waals surface area contributed by atoms with Gasteiger partial charge < -0.3 is 14.2 Å². The zero-order valence-corrected chi connectivity index (χ0v) is 23.5. The molecule has 1 aromatic heterocycles. The molecule has 0 spiro atoms. The highest BCUT2D eigenvalue weighted by atomic mass is 16.3. The quantitative estimate of drug-likeness (QED) is 0.205. The number of hydrogen-bond donors (Lipinski definition) is 0. The van der Waals surface area contributed by atoms with Gasteiger partial charge in [-0.2, -0.15) is 0 Å². The van der Waals surface area contributed by atoms with Crippen LogP contribution in [-0.2, 0) is 0 Å². The molecule has 0 saturated heterocycles. The Hall–Kier alpha value is -5.80. The molecule has 1 heterocycles. The average Bonchev–Trinajstić information content (AvgIpc) is 3.46. The number of rotatable bonds is 6. The van der Waals surface area contributed by atoms with Crippen LogP contribution in [0.4, 0.5) is 34.1 Å². The third-order valence-electron chi connectivity index (χ3n) is 7.99. The Labute approximate surface area is 250 Å². The largest absolute Gasteiger partial charge is 0.456 e. The van der Waals surface area contributed by atoms with Crippen LogP contribution in [0.3, 0.4) is 0 Å². The van der Waals surface area contributed by atoms with Crippen LogP contribution >= 0.6 is 0 Å². The second-order valence-electron chi connectivity index (χ2n) is 10.6. The van der Waals surface area contributed by atoms with Crippen molar-refractivity contribution in [2.24, 2.45) is 0 Å². The molecule has 43 heavy (non-hydrogen) atoms. The Morgan fingerprint density at radius 3 is 1.42 bits per heavy atom. The van der Waals surface area contributed by atoms with Crippen molar-refractivity contribution in [3.05, 3.63) is 170 Å². The maximum Gasteiger partial charge on any atom is 0.137 e. The fraction of sp³-hybridized carbons (Fsp3) is 0. The molecule has 0 aliphatic heterocycles. The molecule has 0 aliphatic carbocycles. The molecule has 0 radical (unpaired) electrons. The van der Waals surface area contributed by atoms with Crippen molar-refractivity contribution in [3.8, 4) is 0 Å². The van der Waals surface area contributed by atoms with E-state index in [-0.39, 0.29) is 0 Å². The highest BCUT2D eigenvalue weighted by molar-refractivity contribution is 6.14. The molecule has 0 amide bonds. The summed E-state index contributed by atoms with van der Waals surface area (Å²) in [6, 6.07) is 59.7. The van der Waals surface area contributed by atoms with Crippen molar-refractivity contribution in [2.75, 3.05) is 9.80 Å². The maximum atomic E-state index is 6.36. The van der Waals surface area contributed by atoms with E-state index in [1.807, 2.05) is 12.1 Å². The molecule has 8 rings (SSSR count). The zero-order chi connectivity index (χ0) is 28.6. The van der Waals surface area contributed by atoms with Gasteiger partial charge in [0.05, 0.1) is 22.4 Å². The van der Waals surface area contributed by atoms with Crippen LogP contribution in [0.1, 0.15) is 0 Å². The third-order valence-corrected chi connectivity index (χ3v) is 7.99. The van der Waals surface area contributed by atoms with Gasteiger partial charge in [0.2, 0.25) is 0 Å². The second kappa shape index (κ2) is 10.6. The van der Waals surface area contributed by atoms with Gasteiger partial charge in [-0.3, -0.25) is 0 Å². The number of para-hydroxylation sites is 4. The molecule has 8 aromatic rings. The minimum absolute atomic E-state index is 0.866. The van der Waals surface area contributed by atoms with E-state index in [9.17, 15) is 0 Å². The highest BCUT2D eigenvalue weighted by Crippen LogP contribution is 2.49. The number of furan rings is 1. The van der Waals surface area contributed by atoms with Gasteiger partial charge in [0.15, 0.2) is 0 Å². The molecule has 0 saturated carbocycles. The first kappa shape index (κ1) is 25.0. The summed E-state index contributed by atoms with van der Waals surface area (Å²) in [6.45, 7) is 0. The van der Waals surface area contributed by atoms with Crippen molar-refractivity contribution in [1.82, 2.24) is 0 Å². The molecule has 0 bridgehead atoms. The first-order valence-corrected chi connectivity index (χ1v) is 14.5. The van der Waals surface area contributed by atoms with E-state index < -0.39 is 0 Å². The smallest absolute Gasteiger partial charge is 0.137 e. The summed E-state index contributed by atoms with van der Waals surface area (Å²) in [7, 11) is 0. The lowest BCUT2D eigenvalue weighted by molar-refractivity contribution is 0.669. The average molecular weight is 553 g/mol. The minimum atomic E-state index is 0.866. The summed E-state index contributed by atoms with van der Waals surface area (Å²) < 4.78 is 6.36. The lowest BCUT2D eigenvalue weighted by Crippen LogP contribution is -2.17. The Balaban J connectivity index is 1.49. The standard InChI is InChI=1S/C40H28N2O/c1-4-17-31(18-5-1)41(32-19-6-2-7-20-32)36-27-29-15-10-11-16-30(29)28-37(36)42(33-21-8-3-9-22-33)35-24-14-26-39-40(35)34-23-12-13-25-38(34)43-39/h1-28H. The monoisotopic (exact) mass is 552 g/mol. The van der Waals surface area contributed by atoms with E-state index in [2.05, 4.69) is 168 Å². The molecule has 0 unspecified atom stereocenters.